The van der Waals surface area contributed by atoms with Crippen molar-refractivity contribution in [1.29, 1.82) is 0 Å². The van der Waals surface area contributed by atoms with E-state index in [2.05, 4.69) is 19.1 Å². The van der Waals surface area contributed by atoms with Crippen molar-refractivity contribution in [3.63, 3.8) is 0 Å². The van der Waals surface area contributed by atoms with Crippen molar-refractivity contribution in [2.45, 2.75) is 104 Å². The normalized spacial score (nSPS) is 11.6. The standard InChI is InChI=1S/C22H38O2/c1-3-4-5-6-7-8-9-10-11-12-13-14-15-16-17-18-22(24)20-19-21(2)23/h8-9,17-18H,3-7,10-16,19-20H2,1-2H3. The van der Waals surface area contributed by atoms with Crippen LogP contribution in [0.25, 0.3) is 0 Å². The maximum atomic E-state index is 11.4. The van der Waals surface area contributed by atoms with Gasteiger partial charge in [0.25, 0.3) is 0 Å². The molecular formula is C22H38O2. The van der Waals surface area contributed by atoms with Gasteiger partial charge in [0.05, 0.1) is 0 Å². The Kier molecular flexibility index (Phi) is 17.3. The van der Waals surface area contributed by atoms with E-state index >= 15 is 0 Å². The molecule has 0 aliphatic rings. The van der Waals surface area contributed by atoms with E-state index in [0.717, 1.165) is 12.8 Å². The monoisotopic (exact) mass is 334 g/mol. The predicted octanol–water partition coefficient (Wildman–Crippen LogP) is 6.74. The van der Waals surface area contributed by atoms with Gasteiger partial charge in [0, 0.05) is 12.8 Å². The predicted molar refractivity (Wildman–Crippen MR) is 104 cm³/mol. The molecule has 0 unspecified atom stereocenters. The Morgan fingerprint density at radius 3 is 1.71 bits per heavy atom. The fourth-order valence-corrected chi connectivity index (χ4v) is 2.58. The summed E-state index contributed by atoms with van der Waals surface area (Å²) >= 11 is 0. The molecule has 138 valence electrons. The van der Waals surface area contributed by atoms with Crippen LogP contribution in [0.4, 0.5) is 0 Å². The van der Waals surface area contributed by atoms with Gasteiger partial charge in [-0.2, -0.15) is 0 Å². The van der Waals surface area contributed by atoms with Crippen LogP contribution in [0.3, 0.4) is 0 Å². The molecule has 2 nitrogen and oxygen atoms in total. The summed E-state index contributed by atoms with van der Waals surface area (Å²) in [5, 5.41) is 0. The molecule has 0 spiro atoms. The van der Waals surface area contributed by atoms with Crippen LogP contribution >= 0.6 is 0 Å². The van der Waals surface area contributed by atoms with E-state index in [1.165, 1.54) is 71.1 Å². The van der Waals surface area contributed by atoms with Crippen LogP contribution < -0.4 is 0 Å². The number of allylic oxidation sites excluding steroid dienone is 4. The minimum absolute atomic E-state index is 0.0756. The molecule has 0 saturated heterocycles. The molecule has 0 aliphatic heterocycles. The summed E-state index contributed by atoms with van der Waals surface area (Å²) in [4.78, 5) is 22.2. The first-order valence-corrected chi connectivity index (χ1v) is 10.0. The highest BCUT2D eigenvalue weighted by Crippen LogP contribution is 2.09. The first kappa shape index (κ1) is 22.8. The SMILES string of the molecule is CCCCCCC=CCCCCCCCC=CC(=O)CCC(C)=O. The van der Waals surface area contributed by atoms with E-state index in [1.807, 2.05) is 6.08 Å². The first-order chi connectivity index (χ1) is 11.7. The number of hydrogen-bond acceptors (Lipinski definition) is 2. The van der Waals surface area contributed by atoms with Crippen LogP contribution in [0, 0.1) is 0 Å². The second kappa shape index (κ2) is 18.2. The van der Waals surface area contributed by atoms with Crippen molar-refractivity contribution in [1.82, 2.24) is 0 Å². The summed E-state index contributed by atoms with van der Waals surface area (Å²) in [6.45, 7) is 3.78. The van der Waals surface area contributed by atoms with Crippen LogP contribution in [-0.4, -0.2) is 11.6 Å². The molecule has 0 rings (SSSR count). The molecule has 2 heteroatoms. The molecule has 0 aliphatic carbocycles. The second-order valence-electron chi connectivity index (χ2n) is 6.74. The van der Waals surface area contributed by atoms with E-state index in [0.29, 0.717) is 12.8 Å². The smallest absolute Gasteiger partial charge is 0.155 e. The Hall–Kier alpha value is -1.18. The van der Waals surface area contributed by atoms with Gasteiger partial charge in [-0.3, -0.25) is 4.79 Å². The molecule has 24 heavy (non-hydrogen) atoms. The summed E-state index contributed by atoms with van der Waals surface area (Å²) < 4.78 is 0. The van der Waals surface area contributed by atoms with Crippen molar-refractivity contribution in [2.75, 3.05) is 0 Å². The van der Waals surface area contributed by atoms with E-state index in [4.69, 9.17) is 0 Å². The third kappa shape index (κ3) is 18.9. The van der Waals surface area contributed by atoms with E-state index in [-0.39, 0.29) is 11.6 Å². The van der Waals surface area contributed by atoms with Gasteiger partial charge < -0.3 is 4.79 Å². The highest BCUT2D eigenvalue weighted by atomic mass is 16.1. The summed E-state index contributed by atoms with van der Waals surface area (Å²) in [6.07, 6.45) is 24.2. The lowest BCUT2D eigenvalue weighted by Gasteiger charge is -1.98. The molecule has 0 radical (unpaired) electrons. The van der Waals surface area contributed by atoms with Gasteiger partial charge in [-0.1, -0.05) is 63.7 Å². The average Bonchev–Trinajstić information content (AvgIpc) is 2.56. The minimum Gasteiger partial charge on any atom is -0.300 e. The summed E-state index contributed by atoms with van der Waals surface area (Å²) in [5.74, 6) is 0.162. The number of hydrogen-bond donors (Lipinski definition) is 0. The van der Waals surface area contributed by atoms with Gasteiger partial charge >= 0.3 is 0 Å². The van der Waals surface area contributed by atoms with Crippen LogP contribution in [-0.2, 0) is 9.59 Å². The summed E-state index contributed by atoms with van der Waals surface area (Å²) in [7, 11) is 0. The summed E-state index contributed by atoms with van der Waals surface area (Å²) in [5.41, 5.74) is 0. The zero-order chi connectivity index (χ0) is 17.9. The van der Waals surface area contributed by atoms with Gasteiger partial charge in [-0.25, -0.2) is 0 Å². The fourth-order valence-electron chi connectivity index (χ4n) is 2.58. The zero-order valence-electron chi connectivity index (χ0n) is 16.0. The third-order valence-electron chi connectivity index (χ3n) is 4.16. The molecule has 0 N–H and O–H groups in total. The highest BCUT2D eigenvalue weighted by molar-refractivity contribution is 5.92. The molecule has 0 aromatic rings. The molecule has 0 heterocycles. The molecule has 0 saturated carbocycles. The number of carbonyl (C=O) groups is 2. The van der Waals surface area contributed by atoms with Crippen LogP contribution in [0.5, 0.6) is 0 Å². The number of rotatable bonds is 17. The van der Waals surface area contributed by atoms with E-state index in [9.17, 15) is 9.59 Å². The maximum Gasteiger partial charge on any atom is 0.155 e. The minimum atomic E-state index is 0.0756. The Bertz CT molecular complexity index is 366. The van der Waals surface area contributed by atoms with Crippen molar-refractivity contribution >= 4 is 11.6 Å². The van der Waals surface area contributed by atoms with Crippen LogP contribution in [0.15, 0.2) is 24.3 Å². The van der Waals surface area contributed by atoms with Crippen molar-refractivity contribution in [3.8, 4) is 0 Å². The van der Waals surface area contributed by atoms with Gasteiger partial charge in [0.1, 0.15) is 5.78 Å². The molecule has 0 fully saturated rings. The van der Waals surface area contributed by atoms with Crippen molar-refractivity contribution in [2.24, 2.45) is 0 Å². The van der Waals surface area contributed by atoms with E-state index < -0.39 is 0 Å². The first-order valence-electron chi connectivity index (χ1n) is 10.0. The van der Waals surface area contributed by atoms with Gasteiger partial charge in [-0.15, -0.1) is 0 Å². The van der Waals surface area contributed by atoms with Crippen molar-refractivity contribution in [3.05, 3.63) is 24.3 Å². The molecule has 0 amide bonds. The Labute approximate surface area is 149 Å². The number of Topliss-reactive ketones (excluding diaryl/α,β-unsaturated/α-hetero) is 1. The largest absolute Gasteiger partial charge is 0.300 e. The van der Waals surface area contributed by atoms with Crippen LogP contribution in [0.2, 0.25) is 0 Å². The molecule has 0 aromatic carbocycles. The van der Waals surface area contributed by atoms with Gasteiger partial charge in [0.2, 0.25) is 0 Å². The Morgan fingerprint density at radius 2 is 1.17 bits per heavy atom. The lowest BCUT2D eigenvalue weighted by atomic mass is 10.1. The van der Waals surface area contributed by atoms with E-state index in [1.54, 1.807) is 6.08 Å². The average molecular weight is 335 g/mol. The van der Waals surface area contributed by atoms with Gasteiger partial charge in [-0.05, 0) is 51.5 Å². The highest BCUT2D eigenvalue weighted by Gasteiger charge is 1.99. The molecule has 0 aromatic heterocycles. The molecule has 0 atom stereocenters. The van der Waals surface area contributed by atoms with Gasteiger partial charge in [0.15, 0.2) is 5.78 Å². The van der Waals surface area contributed by atoms with Crippen molar-refractivity contribution < 1.29 is 9.59 Å². The topological polar surface area (TPSA) is 34.1 Å². The number of carbonyl (C=O) groups excluding carboxylic acids is 2. The zero-order valence-corrected chi connectivity index (χ0v) is 16.0. The number of unbranched alkanes of at least 4 members (excludes halogenated alkanes) is 10. The Morgan fingerprint density at radius 1 is 0.667 bits per heavy atom. The lowest BCUT2D eigenvalue weighted by molar-refractivity contribution is -0.120. The second-order valence-corrected chi connectivity index (χ2v) is 6.74. The lowest BCUT2D eigenvalue weighted by Crippen LogP contribution is -1.97. The quantitative estimate of drug-likeness (QED) is 0.168. The maximum absolute atomic E-state index is 11.4. The molecule has 0 bridgehead atoms. The summed E-state index contributed by atoms with van der Waals surface area (Å²) in [6, 6.07) is 0. The van der Waals surface area contributed by atoms with Crippen LogP contribution in [0.1, 0.15) is 104 Å². The molecular weight excluding hydrogens is 296 g/mol. The Balaban J connectivity index is 3.29. The number of ketones is 2. The third-order valence-corrected chi connectivity index (χ3v) is 4.16. The fraction of sp³-hybridized carbons (Fsp3) is 0.727.